The van der Waals surface area contributed by atoms with Crippen molar-refractivity contribution in [3.05, 3.63) is 113 Å². The summed E-state index contributed by atoms with van der Waals surface area (Å²) in [4.78, 5) is 29.4. The molecule has 1 aliphatic rings. The maximum absolute atomic E-state index is 13.7. The van der Waals surface area contributed by atoms with Crippen LogP contribution in [0.3, 0.4) is 0 Å². The number of halogens is 4. The highest BCUT2D eigenvalue weighted by Gasteiger charge is 2.27. The second-order valence-electron chi connectivity index (χ2n) is 7.96. The molecule has 3 aromatic carbocycles. The average molecular weight is 562 g/mol. The van der Waals surface area contributed by atoms with Gasteiger partial charge in [0.1, 0.15) is 0 Å². The van der Waals surface area contributed by atoms with Gasteiger partial charge in [0.25, 0.3) is 11.8 Å². The number of carbonyl (C=O) groups excluding carboxylic acids is 2. The summed E-state index contributed by atoms with van der Waals surface area (Å²) in [6.07, 6.45) is 0.779. The van der Waals surface area contributed by atoms with Crippen molar-refractivity contribution in [2.45, 2.75) is 13.0 Å². The summed E-state index contributed by atoms with van der Waals surface area (Å²) in [5.41, 5.74) is 3.94. The minimum atomic E-state index is -0.499. The zero-order valence-electron chi connectivity index (χ0n) is 17.9. The van der Waals surface area contributed by atoms with Gasteiger partial charge in [-0.2, -0.15) is 0 Å². The van der Waals surface area contributed by atoms with Crippen LogP contribution in [0.2, 0.25) is 20.1 Å². The lowest BCUT2D eigenvalue weighted by molar-refractivity contribution is 0.0984. The first-order valence-electron chi connectivity index (χ1n) is 10.5. The van der Waals surface area contributed by atoms with Crippen molar-refractivity contribution in [3.63, 3.8) is 0 Å². The quantitative estimate of drug-likeness (QED) is 0.255. The standard InChI is InChI=1S/C26H16Cl4N2O2S/c27-16-10-19(24(30)21(29)11-16)25(33)31-17-5-6-18(20(28)12-17)26(34)32-13-15-7-8-35-23(15)9-14-3-1-2-4-22(14)32/h1-8,10-12H,9,13H2,(H,31,33). The molecule has 0 saturated carbocycles. The van der Waals surface area contributed by atoms with Gasteiger partial charge < -0.3 is 10.2 Å². The third kappa shape index (κ3) is 4.80. The third-order valence-electron chi connectivity index (χ3n) is 5.74. The molecule has 0 atom stereocenters. The Kier molecular flexibility index (Phi) is 6.80. The van der Waals surface area contributed by atoms with Crippen LogP contribution in [0.25, 0.3) is 0 Å². The van der Waals surface area contributed by atoms with Crippen LogP contribution in [0.5, 0.6) is 0 Å². The van der Waals surface area contributed by atoms with Gasteiger partial charge in [-0.05, 0) is 59.0 Å². The summed E-state index contributed by atoms with van der Waals surface area (Å²) in [6, 6.07) is 17.6. The molecule has 0 aliphatic carbocycles. The van der Waals surface area contributed by atoms with Crippen molar-refractivity contribution in [2.75, 3.05) is 10.2 Å². The molecule has 35 heavy (non-hydrogen) atoms. The second-order valence-corrected chi connectivity index (χ2v) is 10.6. The van der Waals surface area contributed by atoms with Gasteiger partial charge in [-0.15, -0.1) is 11.3 Å². The maximum Gasteiger partial charge on any atom is 0.260 e. The molecule has 0 saturated heterocycles. The van der Waals surface area contributed by atoms with E-state index in [1.807, 2.05) is 29.6 Å². The molecular weight excluding hydrogens is 546 g/mol. The number of nitrogens with one attached hydrogen (secondary N) is 1. The van der Waals surface area contributed by atoms with E-state index in [2.05, 4.69) is 11.4 Å². The number of anilines is 2. The maximum atomic E-state index is 13.7. The number of para-hydroxylation sites is 1. The van der Waals surface area contributed by atoms with Crippen molar-refractivity contribution in [1.29, 1.82) is 0 Å². The van der Waals surface area contributed by atoms with E-state index in [0.29, 0.717) is 17.8 Å². The Morgan fingerprint density at radius 3 is 2.46 bits per heavy atom. The molecule has 4 nitrogen and oxygen atoms in total. The Labute approximate surface area is 226 Å². The molecular formula is C26H16Cl4N2O2S. The minimum absolute atomic E-state index is 0.0964. The van der Waals surface area contributed by atoms with Crippen LogP contribution < -0.4 is 10.2 Å². The van der Waals surface area contributed by atoms with Gasteiger partial charge in [-0.25, -0.2) is 0 Å². The van der Waals surface area contributed by atoms with Crippen LogP contribution in [0, 0.1) is 0 Å². The summed E-state index contributed by atoms with van der Waals surface area (Å²) in [5.74, 6) is -0.718. The number of thiophene rings is 1. The predicted molar refractivity (Wildman–Crippen MR) is 145 cm³/mol. The lowest BCUT2D eigenvalue weighted by atomic mass is 10.1. The summed E-state index contributed by atoms with van der Waals surface area (Å²) in [5, 5.41) is 5.55. The number of amides is 2. The zero-order chi connectivity index (χ0) is 24.7. The van der Waals surface area contributed by atoms with E-state index in [1.165, 1.54) is 23.1 Å². The van der Waals surface area contributed by atoms with Gasteiger partial charge >= 0.3 is 0 Å². The summed E-state index contributed by atoms with van der Waals surface area (Å²) in [6.45, 7) is 0.456. The monoisotopic (exact) mass is 560 g/mol. The molecule has 4 aromatic rings. The second kappa shape index (κ2) is 9.84. The van der Waals surface area contributed by atoms with Gasteiger partial charge in [0.05, 0.1) is 32.7 Å². The fraction of sp³-hybridized carbons (Fsp3) is 0.0769. The molecule has 2 heterocycles. The van der Waals surface area contributed by atoms with Crippen molar-refractivity contribution in [2.24, 2.45) is 0 Å². The first-order chi connectivity index (χ1) is 16.8. The lowest BCUT2D eigenvalue weighted by Gasteiger charge is -2.24. The summed E-state index contributed by atoms with van der Waals surface area (Å²) >= 11 is 26.4. The highest BCUT2D eigenvalue weighted by molar-refractivity contribution is 7.10. The van der Waals surface area contributed by atoms with Crippen LogP contribution in [0.4, 0.5) is 11.4 Å². The van der Waals surface area contributed by atoms with E-state index in [9.17, 15) is 9.59 Å². The Morgan fingerprint density at radius 2 is 1.66 bits per heavy atom. The van der Waals surface area contributed by atoms with E-state index in [1.54, 1.807) is 28.4 Å². The SMILES string of the molecule is O=C(Nc1ccc(C(=O)N2Cc3ccsc3Cc3ccccc32)c(Cl)c1)c1cc(Cl)cc(Cl)c1Cl. The molecule has 0 spiro atoms. The molecule has 0 bridgehead atoms. The number of fused-ring (bicyclic) bond motifs is 2. The number of nitrogens with zero attached hydrogens (tertiary/aromatic N) is 1. The van der Waals surface area contributed by atoms with E-state index >= 15 is 0 Å². The highest BCUT2D eigenvalue weighted by Crippen LogP contribution is 2.35. The number of rotatable bonds is 3. The van der Waals surface area contributed by atoms with Crippen LogP contribution in [-0.4, -0.2) is 11.8 Å². The third-order valence-corrected chi connectivity index (χ3v) is 8.04. The summed E-state index contributed by atoms with van der Waals surface area (Å²) < 4.78 is 0. The van der Waals surface area contributed by atoms with Crippen molar-refractivity contribution >= 4 is 80.9 Å². The Balaban J connectivity index is 1.43. The molecule has 5 rings (SSSR count). The van der Waals surface area contributed by atoms with Crippen LogP contribution >= 0.6 is 57.7 Å². The van der Waals surface area contributed by atoms with E-state index in [4.69, 9.17) is 46.4 Å². The predicted octanol–water partition coefficient (Wildman–Crippen LogP) is 8.37. The highest BCUT2D eigenvalue weighted by atomic mass is 35.5. The molecule has 176 valence electrons. The van der Waals surface area contributed by atoms with E-state index < -0.39 is 5.91 Å². The molecule has 2 amide bonds. The minimum Gasteiger partial charge on any atom is -0.322 e. The van der Waals surface area contributed by atoms with Gasteiger partial charge in [0.15, 0.2) is 0 Å². The summed E-state index contributed by atoms with van der Waals surface area (Å²) in [7, 11) is 0. The van der Waals surface area contributed by atoms with E-state index in [0.717, 1.165) is 23.2 Å². The fourth-order valence-electron chi connectivity index (χ4n) is 4.03. The Bertz CT molecular complexity index is 1480. The normalized spacial score (nSPS) is 12.5. The average Bonchev–Trinajstić information content (AvgIpc) is 3.20. The van der Waals surface area contributed by atoms with Crippen molar-refractivity contribution in [1.82, 2.24) is 0 Å². The number of hydrogen-bond donors (Lipinski definition) is 1. The van der Waals surface area contributed by atoms with Gasteiger partial charge in [0.2, 0.25) is 0 Å². The van der Waals surface area contributed by atoms with Gasteiger partial charge in [-0.3, -0.25) is 9.59 Å². The topological polar surface area (TPSA) is 49.4 Å². The van der Waals surface area contributed by atoms with Crippen LogP contribution in [-0.2, 0) is 13.0 Å². The number of carbonyl (C=O) groups is 2. The van der Waals surface area contributed by atoms with Crippen LogP contribution in [0.15, 0.2) is 66.0 Å². The molecule has 0 radical (unpaired) electrons. The molecule has 1 aliphatic heterocycles. The lowest BCUT2D eigenvalue weighted by Crippen LogP contribution is -2.30. The van der Waals surface area contributed by atoms with Gasteiger partial charge in [-0.1, -0.05) is 64.6 Å². The zero-order valence-corrected chi connectivity index (χ0v) is 21.8. The first-order valence-corrected chi connectivity index (χ1v) is 12.9. The van der Waals surface area contributed by atoms with Crippen LogP contribution in [0.1, 0.15) is 36.7 Å². The fourth-order valence-corrected chi connectivity index (χ4v) is 5.90. The van der Waals surface area contributed by atoms with E-state index in [-0.39, 0.29) is 31.6 Å². The smallest absolute Gasteiger partial charge is 0.260 e. The Hall–Kier alpha value is -2.54. The van der Waals surface area contributed by atoms with Crippen molar-refractivity contribution in [3.8, 4) is 0 Å². The first kappa shape index (κ1) is 24.2. The van der Waals surface area contributed by atoms with Gasteiger partial charge in [0, 0.05) is 27.7 Å². The molecule has 0 unspecified atom stereocenters. The molecule has 1 N–H and O–H groups in total. The number of hydrogen-bond acceptors (Lipinski definition) is 3. The largest absolute Gasteiger partial charge is 0.322 e. The molecule has 0 fully saturated rings. The Morgan fingerprint density at radius 1 is 0.857 bits per heavy atom. The molecule has 9 heteroatoms. The van der Waals surface area contributed by atoms with Crippen molar-refractivity contribution < 1.29 is 9.59 Å². The molecule has 1 aromatic heterocycles. The number of benzene rings is 3.